The summed E-state index contributed by atoms with van der Waals surface area (Å²) in [6, 6.07) is 7.28. The molecule has 0 heterocycles. The Bertz CT molecular complexity index is 423. The van der Waals surface area contributed by atoms with Gasteiger partial charge in [-0.15, -0.1) is 0 Å². The highest BCUT2D eigenvalue weighted by Crippen LogP contribution is 2.23. The lowest BCUT2D eigenvalue weighted by atomic mass is 10.3. The van der Waals surface area contributed by atoms with Crippen molar-refractivity contribution in [1.29, 1.82) is 0 Å². The molecular weight excluding hydrogens is 260 g/mol. The van der Waals surface area contributed by atoms with Crippen molar-refractivity contribution in [3.63, 3.8) is 0 Å². The van der Waals surface area contributed by atoms with Gasteiger partial charge in [0.25, 0.3) is 0 Å². The summed E-state index contributed by atoms with van der Waals surface area (Å²) < 4.78 is 10.1. The van der Waals surface area contributed by atoms with Crippen LogP contribution in [0.3, 0.4) is 0 Å². The average Bonchev–Trinajstić information content (AvgIpc) is 2.44. The second-order valence-corrected chi connectivity index (χ2v) is 4.64. The minimum absolute atomic E-state index is 0.138. The third-order valence-electron chi connectivity index (χ3n) is 2.50. The normalized spacial score (nSPS) is 12.1. The van der Waals surface area contributed by atoms with E-state index in [4.69, 9.17) is 4.74 Å². The van der Waals surface area contributed by atoms with Crippen LogP contribution < -0.4 is 15.4 Å². The molecule has 1 aromatic carbocycles. The van der Waals surface area contributed by atoms with Crippen LogP contribution in [-0.4, -0.2) is 43.6 Å². The van der Waals surface area contributed by atoms with Crippen LogP contribution in [0.1, 0.15) is 13.8 Å². The summed E-state index contributed by atoms with van der Waals surface area (Å²) in [7, 11) is 1.29. The second-order valence-electron chi connectivity index (χ2n) is 4.64. The summed E-state index contributed by atoms with van der Waals surface area (Å²) in [4.78, 5) is 11.2. The number of aliphatic hydroxyl groups is 1. The number of methoxy groups -OCH3 is 1. The number of carbonyl (C=O) groups is 1. The number of hydrogen-bond acceptors (Lipinski definition) is 5. The van der Waals surface area contributed by atoms with E-state index >= 15 is 0 Å². The molecule has 1 rings (SSSR count). The Hall–Kier alpha value is -1.79. The molecule has 0 saturated carbocycles. The van der Waals surface area contributed by atoms with Gasteiger partial charge in [-0.2, -0.15) is 0 Å². The molecule has 0 radical (unpaired) electrons. The van der Waals surface area contributed by atoms with E-state index in [0.717, 1.165) is 0 Å². The molecule has 112 valence electrons. The van der Waals surface area contributed by atoms with Crippen LogP contribution in [0, 0.1) is 0 Å². The van der Waals surface area contributed by atoms with Crippen molar-refractivity contribution >= 4 is 11.8 Å². The van der Waals surface area contributed by atoms with E-state index in [9.17, 15) is 9.90 Å². The molecule has 1 amide bonds. The predicted octanol–water partition coefficient (Wildman–Crippen LogP) is 1.60. The zero-order valence-electron chi connectivity index (χ0n) is 12.1. The highest BCUT2D eigenvalue weighted by atomic mass is 16.5. The summed E-state index contributed by atoms with van der Waals surface area (Å²) in [5, 5.41) is 15.4. The molecule has 1 unspecified atom stereocenters. The summed E-state index contributed by atoms with van der Waals surface area (Å²) in [6.45, 7) is 4.59. The number of ether oxygens (including phenoxy) is 2. The number of rotatable bonds is 7. The number of hydrogen-bond donors (Lipinski definition) is 3. The Balaban J connectivity index is 2.52. The van der Waals surface area contributed by atoms with Crippen molar-refractivity contribution in [1.82, 2.24) is 5.32 Å². The molecule has 6 heteroatoms. The third-order valence-corrected chi connectivity index (χ3v) is 2.50. The molecule has 6 nitrogen and oxygen atoms in total. The van der Waals surface area contributed by atoms with Crippen molar-refractivity contribution in [2.45, 2.75) is 26.0 Å². The highest BCUT2D eigenvalue weighted by Gasteiger charge is 2.10. The number of benzene rings is 1. The molecule has 20 heavy (non-hydrogen) atoms. The number of amides is 1. The van der Waals surface area contributed by atoms with Gasteiger partial charge in [0.05, 0.1) is 12.8 Å². The number of nitrogens with one attached hydrogen (secondary N) is 2. The predicted molar refractivity (Wildman–Crippen MR) is 77.1 cm³/mol. The minimum atomic E-state index is -0.622. The maximum atomic E-state index is 11.2. The first-order chi connectivity index (χ1) is 9.52. The monoisotopic (exact) mass is 282 g/mol. The zero-order valence-corrected chi connectivity index (χ0v) is 12.1. The van der Waals surface area contributed by atoms with Gasteiger partial charge in [-0.05, 0) is 12.1 Å². The average molecular weight is 282 g/mol. The zero-order chi connectivity index (χ0) is 15.0. The van der Waals surface area contributed by atoms with E-state index in [1.807, 2.05) is 13.8 Å². The third kappa shape index (κ3) is 5.90. The van der Waals surface area contributed by atoms with Crippen LogP contribution in [0.25, 0.3) is 0 Å². The van der Waals surface area contributed by atoms with Crippen LogP contribution in [0.4, 0.5) is 10.5 Å². The molecule has 0 fully saturated rings. The molecule has 0 aliphatic carbocycles. The van der Waals surface area contributed by atoms with E-state index in [0.29, 0.717) is 24.0 Å². The molecule has 0 aliphatic rings. The van der Waals surface area contributed by atoms with Crippen molar-refractivity contribution < 1.29 is 19.4 Å². The number of aliphatic hydroxyl groups excluding tert-OH is 1. The molecule has 3 N–H and O–H groups in total. The Morgan fingerprint density at radius 3 is 2.70 bits per heavy atom. The van der Waals surface area contributed by atoms with Gasteiger partial charge in [-0.25, -0.2) is 4.79 Å². The van der Waals surface area contributed by atoms with Gasteiger partial charge < -0.3 is 19.9 Å². The number of anilines is 1. The lowest BCUT2D eigenvalue weighted by Crippen LogP contribution is -2.35. The van der Waals surface area contributed by atoms with Gasteiger partial charge in [0.1, 0.15) is 18.5 Å². The topological polar surface area (TPSA) is 79.8 Å². The lowest BCUT2D eigenvalue weighted by molar-refractivity contribution is 0.105. The fraction of sp³-hybridized carbons (Fsp3) is 0.500. The highest BCUT2D eigenvalue weighted by molar-refractivity contribution is 5.86. The van der Waals surface area contributed by atoms with E-state index in [2.05, 4.69) is 15.4 Å². The summed E-state index contributed by atoms with van der Waals surface area (Å²) >= 11 is 0. The first-order valence-electron chi connectivity index (χ1n) is 6.51. The molecule has 0 aliphatic heterocycles. The Labute approximate surface area is 119 Å². The van der Waals surface area contributed by atoms with E-state index in [-0.39, 0.29) is 6.61 Å². The maximum Gasteiger partial charge on any atom is 0.411 e. The molecule has 1 atom stereocenters. The quantitative estimate of drug-likeness (QED) is 0.708. The molecule has 0 bridgehead atoms. The smallest absolute Gasteiger partial charge is 0.411 e. The van der Waals surface area contributed by atoms with Gasteiger partial charge in [0.15, 0.2) is 0 Å². The SMILES string of the molecule is COC(=O)Nc1ccccc1OCC(O)CNC(C)C. The minimum Gasteiger partial charge on any atom is -0.489 e. The Kier molecular flexibility index (Phi) is 6.83. The van der Waals surface area contributed by atoms with Crippen LogP contribution in [0.15, 0.2) is 24.3 Å². The van der Waals surface area contributed by atoms with Crippen molar-refractivity contribution in [3.8, 4) is 5.75 Å². The Morgan fingerprint density at radius 1 is 1.35 bits per heavy atom. The maximum absolute atomic E-state index is 11.2. The number of para-hydroxylation sites is 2. The van der Waals surface area contributed by atoms with Crippen LogP contribution in [0.2, 0.25) is 0 Å². The van der Waals surface area contributed by atoms with Gasteiger partial charge in [-0.3, -0.25) is 5.32 Å². The van der Waals surface area contributed by atoms with Gasteiger partial charge in [0.2, 0.25) is 0 Å². The van der Waals surface area contributed by atoms with Crippen molar-refractivity contribution in [2.75, 3.05) is 25.6 Å². The molecular formula is C14H22N2O4. The van der Waals surface area contributed by atoms with Gasteiger partial charge >= 0.3 is 6.09 Å². The summed E-state index contributed by atoms with van der Waals surface area (Å²) in [6.07, 6.45) is -1.19. The first-order valence-corrected chi connectivity index (χ1v) is 6.51. The lowest BCUT2D eigenvalue weighted by Gasteiger charge is -2.16. The second kappa shape index (κ2) is 8.39. The fourth-order valence-electron chi connectivity index (χ4n) is 1.47. The first kappa shape index (κ1) is 16.3. The Morgan fingerprint density at radius 2 is 2.05 bits per heavy atom. The van der Waals surface area contributed by atoms with Crippen molar-refractivity contribution in [3.05, 3.63) is 24.3 Å². The van der Waals surface area contributed by atoms with Crippen molar-refractivity contribution in [2.24, 2.45) is 0 Å². The molecule has 0 aromatic heterocycles. The van der Waals surface area contributed by atoms with E-state index in [1.165, 1.54) is 7.11 Å². The van der Waals surface area contributed by atoms with Crippen LogP contribution in [-0.2, 0) is 4.74 Å². The summed E-state index contributed by atoms with van der Waals surface area (Å²) in [5.41, 5.74) is 0.503. The van der Waals surface area contributed by atoms with Crippen LogP contribution >= 0.6 is 0 Å². The van der Waals surface area contributed by atoms with Gasteiger partial charge in [0, 0.05) is 12.6 Å². The van der Waals surface area contributed by atoms with Crippen LogP contribution in [0.5, 0.6) is 5.75 Å². The summed E-state index contributed by atoms with van der Waals surface area (Å²) in [5.74, 6) is 0.487. The van der Waals surface area contributed by atoms with E-state index < -0.39 is 12.2 Å². The number of carbonyl (C=O) groups excluding carboxylic acids is 1. The molecule has 1 aromatic rings. The fourth-order valence-corrected chi connectivity index (χ4v) is 1.47. The largest absolute Gasteiger partial charge is 0.489 e. The van der Waals surface area contributed by atoms with E-state index in [1.54, 1.807) is 24.3 Å². The standard InChI is InChI=1S/C14H22N2O4/c1-10(2)15-8-11(17)9-20-13-7-5-4-6-12(13)16-14(18)19-3/h4-7,10-11,15,17H,8-9H2,1-3H3,(H,16,18). The van der Waals surface area contributed by atoms with Gasteiger partial charge in [-0.1, -0.05) is 26.0 Å². The molecule has 0 saturated heterocycles. The molecule has 0 spiro atoms.